The van der Waals surface area contributed by atoms with Crippen LogP contribution in [0.15, 0.2) is 0 Å². The van der Waals surface area contributed by atoms with Gasteiger partial charge in [-0.3, -0.25) is 4.79 Å². The molecule has 0 bridgehead atoms. The topological polar surface area (TPSA) is 78.9 Å². The van der Waals surface area contributed by atoms with E-state index in [1.165, 1.54) is 4.90 Å². The Hall–Kier alpha value is -1.14. The maximum atomic E-state index is 12.5. The van der Waals surface area contributed by atoms with Crippen molar-refractivity contribution < 1.29 is 19.4 Å². The number of hydrogen-bond donors (Lipinski definition) is 2. The summed E-state index contributed by atoms with van der Waals surface area (Å²) in [6.45, 7) is 3.83. The van der Waals surface area contributed by atoms with Crippen LogP contribution in [0.3, 0.4) is 0 Å². The molecule has 2 aliphatic heterocycles. The Morgan fingerprint density at radius 3 is 2.95 bits per heavy atom. The van der Waals surface area contributed by atoms with Crippen LogP contribution in [-0.4, -0.2) is 60.3 Å². The van der Waals surface area contributed by atoms with Gasteiger partial charge < -0.3 is 20.1 Å². The molecule has 2 N–H and O–H groups in total. The minimum atomic E-state index is -0.990. The molecule has 2 saturated heterocycles. The molecular formula is C13H22N2O4. The Kier molecular flexibility index (Phi) is 4.76. The van der Waals surface area contributed by atoms with E-state index in [-0.39, 0.29) is 18.6 Å². The quantitative estimate of drug-likeness (QED) is 0.759. The minimum absolute atomic E-state index is 0.0883. The average molecular weight is 270 g/mol. The third-order valence-electron chi connectivity index (χ3n) is 4.08. The van der Waals surface area contributed by atoms with E-state index < -0.39 is 12.0 Å². The number of carboxylic acid groups (broad SMARTS) is 1. The van der Waals surface area contributed by atoms with Crippen LogP contribution in [0.1, 0.15) is 26.2 Å². The van der Waals surface area contributed by atoms with Gasteiger partial charge in [-0.15, -0.1) is 0 Å². The lowest BCUT2D eigenvalue weighted by atomic mass is 9.89. The number of hydrogen-bond acceptors (Lipinski definition) is 4. The second-order valence-electron chi connectivity index (χ2n) is 5.27. The van der Waals surface area contributed by atoms with Gasteiger partial charge in [-0.1, -0.05) is 13.3 Å². The summed E-state index contributed by atoms with van der Waals surface area (Å²) in [5, 5.41) is 12.4. The van der Waals surface area contributed by atoms with Gasteiger partial charge in [0.2, 0.25) is 5.91 Å². The van der Waals surface area contributed by atoms with E-state index in [0.717, 1.165) is 25.8 Å². The average Bonchev–Trinajstić information content (AvgIpc) is 2.46. The third kappa shape index (κ3) is 3.25. The van der Waals surface area contributed by atoms with Gasteiger partial charge in [0, 0.05) is 6.54 Å². The molecule has 6 nitrogen and oxygen atoms in total. The zero-order valence-electron chi connectivity index (χ0n) is 11.3. The fraction of sp³-hybridized carbons (Fsp3) is 0.846. The van der Waals surface area contributed by atoms with Gasteiger partial charge >= 0.3 is 5.97 Å². The first-order chi connectivity index (χ1) is 9.13. The fourth-order valence-electron chi connectivity index (χ4n) is 2.83. The molecule has 19 heavy (non-hydrogen) atoms. The van der Waals surface area contributed by atoms with E-state index in [1.807, 2.05) is 0 Å². The van der Waals surface area contributed by atoms with E-state index in [1.54, 1.807) is 0 Å². The molecule has 6 heteroatoms. The molecule has 0 aliphatic carbocycles. The maximum absolute atomic E-state index is 12.5. The van der Waals surface area contributed by atoms with Gasteiger partial charge in [-0.25, -0.2) is 4.79 Å². The molecule has 2 fully saturated rings. The highest BCUT2D eigenvalue weighted by Gasteiger charge is 2.37. The lowest BCUT2D eigenvalue weighted by molar-refractivity contribution is -0.159. The third-order valence-corrected chi connectivity index (χ3v) is 4.08. The van der Waals surface area contributed by atoms with E-state index in [2.05, 4.69) is 12.2 Å². The first kappa shape index (κ1) is 14.3. The summed E-state index contributed by atoms with van der Waals surface area (Å²) in [5.41, 5.74) is 0. The summed E-state index contributed by atoms with van der Waals surface area (Å²) in [6.07, 6.45) is 2.96. The predicted molar refractivity (Wildman–Crippen MR) is 68.8 cm³/mol. The smallest absolute Gasteiger partial charge is 0.328 e. The predicted octanol–water partition coefficient (Wildman–Crippen LogP) is 0.0766. The molecular weight excluding hydrogens is 248 g/mol. The van der Waals surface area contributed by atoms with Crippen molar-refractivity contribution in [2.24, 2.45) is 5.92 Å². The normalized spacial score (nSPS) is 32.1. The monoisotopic (exact) mass is 270 g/mol. The molecule has 2 rings (SSSR count). The molecule has 3 atom stereocenters. The number of rotatable bonds is 3. The molecule has 0 aromatic carbocycles. The molecule has 0 aromatic heterocycles. The minimum Gasteiger partial charge on any atom is -0.480 e. The van der Waals surface area contributed by atoms with Crippen molar-refractivity contribution in [1.29, 1.82) is 0 Å². The van der Waals surface area contributed by atoms with Crippen LogP contribution in [0.5, 0.6) is 0 Å². The molecule has 1 amide bonds. The summed E-state index contributed by atoms with van der Waals surface area (Å²) in [7, 11) is 0. The Morgan fingerprint density at radius 1 is 1.47 bits per heavy atom. The van der Waals surface area contributed by atoms with Crippen LogP contribution in [0, 0.1) is 5.92 Å². The number of morpholine rings is 1. The number of piperidine rings is 1. The standard InChI is InChI=1S/C13H22N2O4/c1-2-9-3-4-14-10(7-9)12(16)15-5-6-19-8-11(15)13(17)18/h9-11,14H,2-8H2,1H3,(H,17,18). The zero-order chi connectivity index (χ0) is 13.8. The number of amides is 1. The van der Waals surface area contributed by atoms with Crippen molar-refractivity contribution in [3.63, 3.8) is 0 Å². The molecule has 0 radical (unpaired) electrons. The van der Waals surface area contributed by atoms with Crippen molar-refractivity contribution in [1.82, 2.24) is 10.2 Å². The summed E-state index contributed by atoms with van der Waals surface area (Å²) >= 11 is 0. The Labute approximate surface area is 113 Å². The largest absolute Gasteiger partial charge is 0.480 e. The summed E-state index contributed by atoms with van der Waals surface area (Å²) in [6, 6.07) is -1.08. The molecule has 0 saturated carbocycles. The number of nitrogens with one attached hydrogen (secondary N) is 1. The van der Waals surface area contributed by atoms with Crippen molar-refractivity contribution >= 4 is 11.9 Å². The zero-order valence-corrected chi connectivity index (χ0v) is 11.3. The molecule has 108 valence electrons. The maximum Gasteiger partial charge on any atom is 0.328 e. The van der Waals surface area contributed by atoms with Crippen molar-refractivity contribution in [3.8, 4) is 0 Å². The number of carboxylic acids is 1. The van der Waals surface area contributed by atoms with E-state index in [9.17, 15) is 9.59 Å². The van der Waals surface area contributed by atoms with Gasteiger partial charge in [-0.05, 0) is 25.3 Å². The molecule has 3 unspecified atom stereocenters. The fourth-order valence-corrected chi connectivity index (χ4v) is 2.83. The van der Waals surface area contributed by atoms with Crippen LogP contribution in [-0.2, 0) is 14.3 Å². The lowest BCUT2D eigenvalue weighted by Gasteiger charge is -2.37. The molecule has 2 aliphatic rings. The Bertz CT molecular complexity index is 348. The van der Waals surface area contributed by atoms with Gasteiger partial charge in [0.15, 0.2) is 6.04 Å². The highest BCUT2D eigenvalue weighted by atomic mass is 16.5. The summed E-state index contributed by atoms with van der Waals surface area (Å²) in [4.78, 5) is 25.1. The number of carbonyl (C=O) groups is 2. The van der Waals surface area contributed by atoms with Crippen LogP contribution in [0.4, 0.5) is 0 Å². The van der Waals surface area contributed by atoms with Crippen molar-refractivity contribution in [2.75, 3.05) is 26.3 Å². The van der Waals surface area contributed by atoms with Crippen LogP contribution in [0.25, 0.3) is 0 Å². The molecule has 0 aromatic rings. The summed E-state index contributed by atoms with van der Waals surface area (Å²) < 4.78 is 5.16. The number of aliphatic carboxylic acids is 1. The van der Waals surface area contributed by atoms with Crippen LogP contribution in [0.2, 0.25) is 0 Å². The lowest BCUT2D eigenvalue weighted by Crippen LogP contribution is -2.58. The second kappa shape index (κ2) is 6.34. The van der Waals surface area contributed by atoms with Gasteiger partial charge in [-0.2, -0.15) is 0 Å². The summed E-state index contributed by atoms with van der Waals surface area (Å²) in [5.74, 6) is -0.524. The van der Waals surface area contributed by atoms with E-state index >= 15 is 0 Å². The van der Waals surface area contributed by atoms with Gasteiger partial charge in [0.1, 0.15) is 0 Å². The van der Waals surface area contributed by atoms with Crippen LogP contribution < -0.4 is 5.32 Å². The van der Waals surface area contributed by atoms with E-state index in [4.69, 9.17) is 9.84 Å². The first-order valence-electron chi connectivity index (χ1n) is 6.98. The SMILES string of the molecule is CCC1CCNC(C(=O)N2CCOCC2C(=O)O)C1. The van der Waals surface area contributed by atoms with Crippen molar-refractivity contribution in [2.45, 2.75) is 38.3 Å². The van der Waals surface area contributed by atoms with E-state index in [0.29, 0.717) is 19.1 Å². The molecule has 0 spiro atoms. The number of nitrogens with zero attached hydrogens (tertiary/aromatic N) is 1. The van der Waals surface area contributed by atoms with Crippen LogP contribution >= 0.6 is 0 Å². The van der Waals surface area contributed by atoms with Crippen molar-refractivity contribution in [3.05, 3.63) is 0 Å². The number of carbonyl (C=O) groups excluding carboxylic acids is 1. The van der Waals surface area contributed by atoms with Gasteiger partial charge in [0.05, 0.1) is 19.3 Å². The molecule has 2 heterocycles. The van der Waals surface area contributed by atoms with Gasteiger partial charge in [0.25, 0.3) is 0 Å². The highest BCUT2D eigenvalue weighted by Crippen LogP contribution is 2.21. The highest BCUT2D eigenvalue weighted by molar-refractivity contribution is 5.87. The second-order valence-corrected chi connectivity index (χ2v) is 5.27. The Morgan fingerprint density at radius 2 is 2.26 bits per heavy atom. The first-order valence-corrected chi connectivity index (χ1v) is 6.98. The number of ether oxygens (including phenoxy) is 1. The Balaban J connectivity index is 2.02.